The van der Waals surface area contributed by atoms with E-state index in [4.69, 9.17) is 9.47 Å². The number of phenolic OH excluding ortho intramolecular Hbond substituents is 1. The van der Waals surface area contributed by atoms with Crippen molar-refractivity contribution in [1.29, 1.82) is 0 Å². The zero-order valence-electron chi connectivity index (χ0n) is 9.10. The first-order valence-electron chi connectivity index (χ1n) is 4.83. The summed E-state index contributed by atoms with van der Waals surface area (Å²) in [6, 6.07) is 5.06. The highest BCUT2D eigenvalue weighted by molar-refractivity contribution is 5.81. The number of phenols is 1. The molecule has 0 aliphatic rings. The smallest absolute Gasteiger partial charge is 0.330 e. The number of aromatic hydroxyl groups is 1. The molecule has 86 valence electrons. The Kier molecular flexibility index (Phi) is 4.39. The van der Waals surface area contributed by atoms with Gasteiger partial charge in [-0.1, -0.05) is 18.7 Å². The molecule has 4 heteroatoms. The Bertz CT molecular complexity index is 385. The van der Waals surface area contributed by atoms with Crippen molar-refractivity contribution in [2.24, 2.45) is 0 Å². The van der Waals surface area contributed by atoms with E-state index < -0.39 is 5.97 Å². The molecular formula is C12H14O4. The van der Waals surface area contributed by atoms with Crippen molar-refractivity contribution in [2.75, 3.05) is 13.7 Å². The molecule has 0 saturated heterocycles. The van der Waals surface area contributed by atoms with Crippen molar-refractivity contribution < 1.29 is 19.4 Å². The quantitative estimate of drug-likeness (QED) is 0.608. The fourth-order valence-electron chi connectivity index (χ4n) is 1.32. The molecule has 0 heterocycles. The highest BCUT2D eigenvalue weighted by atomic mass is 16.5. The normalized spacial score (nSPS) is 9.56. The zero-order chi connectivity index (χ0) is 12.0. The molecule has 4 nitrogen and oxygen atoms in total. The number of methoxy groups -OCH3 is 1. The molecule has 0 aliphatic heterocycles. The lowest BCUT2D eigenvalue weighted by atomic mass is 10.1. The Balaban J connectivity index is 2.63. The van der Waals surface area contributed by atoms with Crippen molar-refractivity contribution in [3.8, 4) is 11.5 Å². The van der Waals surface area contributed by atoms with Crippen LogP contribution in [-0.2, 0) is 16.0 Å². The van der Waals surface area contributed by atoms with E-state index >= 15 is 0 Å². The lowest BCUT2D eigenvalue weighted by molar-refractivity contribution is -0.137. The standard InChI is InChI=1S/C12H14O4/c1-3-11(14)16-8-7-9-5-4-6-10(13)12(9)15-2/h3-6,13H,1,7-8H2,2H3. The second kappa shape index (κ2) is 5.80. The van der Waals surface area contributed by atoms with E-state index in [1.807, 2.05) is 0 Å². The summed E-state index contributed by atoms with van der Waals surface area (Å²) in [5.74, 6) is 0.0336. The molecule has 0 amide bonds. The fraction of sp³-hybridized carbons (Fsp3) is 0.250. The van der Waals surface area contributed by atoms with Gasteiger partial charge in [0.05, 0.1) is 13.7 Å². The van der Waals surface area contributed by atoms with E-state index in [2.05, 4.69) is 6.58 Å². The van der Waals surface area contributed by atoms with Crippen molar-refractivity contribution in [1.82, 2.24) is 0 Å². The monoisotopic (exact) mass is 222 g/mol. The second-order valence-electron chi connectivity index (χ2n) is 3.09. The Morgan fingerprint density at radius 1 is 1.56 bits per heavy atom. The predicted molar refractivity (Wildman–Crippen MR) is 59.5 cm³/mol. The topological polar surface area (TPSA) is 55.8 Å². The van der Waals surface area contributed by atoms with Gasteiger partial charge >= 0.3 is 5.97 Å². The van der Waals surface area contributed by atoms with Crippen molar-refractivity contribution in [2.45, 2.75) is 6.42 Å². The molecular weight excluding hydrogens is 208 g/mol. The summed E-state index contributed by atoms with van der Waals surface area (Å²) in [5, 5.41) is 9.50. The van der Waals surface area contributed by atoms with Crippen LogP contribution in [0.25, 0.3) is 0 Å². The summed E-state index contributed by atoms with van der Waals surface area (Å²) in [7, 11) is 1.48. The van der Waals surface area contributed by atoms with Gasteiger partial charge in [0.25, 0.3) is 0 Å². The van der Waals surface area contributed by atoms with E-state index in [-0.39, 0.29) is 12.4 Å². The molecule has 0 unspecified atom stereocenters. The van der Waals surface area contributed by atoms with Gasteiger partial charge in [-0.3, -0.25) is 0 Å². The molecule has 0 aromatic heterocycles. The van der Waals surface area contributed by atoms with Gasteiger partial charge in [-0.05, 0) is 6.07 Å². The molecule has 1 N–H and O–H groups in total. The maximum Gasteiger partial charge on any atom is 0.330 e. The van der Waals surface area contributed by atoms with Gasteiger partial charge in [0.2, 0.25) is 0 Å². The number of esters is 1. The predicted octanol–water partition coefficient (Wildman–Crippen LogP) is 1.67. The number of benzene rings is 1. The molecule has 1 aromatic rings. The van der Waals surface area contributed by atoms with Crippen LogP contribution < -0.4 is 4.74 Å². The summed E-state index contributed by atoms with van der Waals surface area (Å²) >= 11 is 0. The molecule has 0 fully saturated rings. The Morgan fingerprint density at radius 2 is 2.31 bits per heavy atom. The molecule has 0 spiro atoms. The second-order valence-corrected chi connectivity index (χ2v) is 3.09. The SMILES string of the molecule is C=CC(=O)OCCc1cccc(O)c1OC. The Morgan fingerprint density at radius 3 is 2.94 bits per heavy atom. The summed E-state index contributed by atoms with van der Waals surface area (Å²) in [4.78, 5) is 10.8. The highest BCUT2D eigenvalue weighted by Gasteiger charge is 2.08. The Hall–Kier alpha value is -1.97. The maximum absolute atomic E-state index is 10.8. The Labute approximate surface area is 94.1 Å². The number of para-hydroxylation sites is 1. The van der Waals surface area contributed by atoms with Crippen LogP contribution in [0.2, 0.25) is 0 Å². The minimum absolute atomic E-state index is 0.0787. The lowest BCUT2D eigenvalue weighted by Crippen LogP contribution is -2.05. The molecule has 1 aromatic carbocycles. The molecule has 0 aliphatic carbocycles. The number of carbonyl (C=O) groups excluding carboxylic acids is 1. The molecule has 0 bridgehead atoms. The third-order valence-corrected chi connectivity index (χ3v) is 2.06. The average Bonchev–Trinajstić information content (AvgIpc) is 2.29. The minimum Gasteiger partial charge on any atom is -0.504 e. The molecule has 0 radical (unpaired) electrons. The van der Waals surface area contributed by atoms with Gasteiger partial charge in [0, 0.05) is 18.1 Å². The summed E-state index contributed by atoms with van der Waals surface area (Å²) in [6.45, 7) is 3.52. The van der Waals surface area contributed by atoms with Crippen molar-refractivity contribution >= 4 is 5.97 Å². The number of ether oxygens (including phenoxy) is 2. The van der Waals surface area contributed by atoms with E-state index in [9.17, 15) is 9.90 Å². The van der Waals surface area contributed by atoms with Crippen LogP contribution in [0.1, 0.15) is 5.56 Å². The van der Waals surface area contributed by atoms with E-state index in [0.717, 1.165) is 11.6 Å². The molecule has 0 saturated carbocycles. The fourth-order valence-corrected chi connectivity index (χ4v) is 1.32. The third kappa shape index (κ3) is 3.02. The van der Waals surface area contributed by atoms with Crippen molar-refractivity contribution in [3.63, 3.8) is 0 Å². The van der Waals surface area contributed by atoms with Gasteiger partial charge < -0.3 is 14.6 Å². The summed E-state index contributed by atoms with van der Waals surface area (Å²) < 4.78 is 9.89. The van der Waals surface area contributed by atoms with Crippen LogP contribution in [0, 0.1) is 0 Å². The summed E-state index contributed by atoms with van der Waals surface area (Å²) in [6.07, 6.45) is 1.59. The molecule has 16 heavy (non-hydrogen) atoms. The number of rotatable bonds is 5. The van der Waals surface area contributed by atoms with Gasteiger partial charge in [0.15, 0.2) is 11.5 Å². The largest absolute Gasteiger partial charge is 0.504 e. The van der Waals surface area contributed by atoms with E-state index in [1.165, 1.54) is 13.2 Å². The lowest BCUT2D eigenvalue weighted by Gasteiger charge is -2.09. The summed E-state index contributed by atoms with van der Waals surface area (Å²) in [5.41, 5.74) is 0.791. The first-order valence-corrected chi connectivity index (χ1v) is 4.83. The van der Waals surface area contributed by atoms with Gasteiger partial charge in [-0.2, -0.15) is 0 Å². The number of carbonyl (C=O) groups is 1. The van der Waals surface area contributed by atoms with Crippen LogP contribution in [0.15, 0.2) is 30.9 Å². The highest BCUT2D eigenvalue weighted by Crippen LogP contribution is 2.29. The first kappa shape index (κ1) is 12.1. The minimum atomic E-state index is -0.459. The molecule has 0 atom stereocenters. The van der Waals surface area contributed by atoms with E-state index in [0.29, 0.717) is 12.2 Å². The average molecular weight is 222 g/mol. The number of hydrogen-bond donors (Lipinski definition) is 1. The van der Waals surface area contributed by atoms with Crippen LogP contribution in [0.5, 0.6) is 11.5 Å². The van der Waals surface area contributed by atoms with Crippen LogP contribution in [-0.4, -0.2) is 24.8 Å². The first-order chi connectivity index (χ1) is 7.69. The van der Waals surface area contributed by atoms with Crippen LogP contribution in [0.3, 0.4) is 0 Å². The van der Waals surface area contributed by atoms with Crippen LogP contribution >= 0.6 is 0 Å². The van der Waals surface area contributed by atoms with Gasteiger partial charge in [-0.25, -0.2) is 4.79 Å². The zero-order valence-corrected chi connectivity index (χ0v) is 9.10. The van der Waals surface area contributed by atoms with Gasteiger partial charge in [0.1, 0.15) is 0 Å². The number of hydrogen-bond acceptors (Lipinski definition) is 4. The maximum atomic E-state index is 10.8. The van der Waals surface area contributed by atoms with Crippen LogP contribution in [0.4, 0.5) is 0 Å². The third-order valence-electron chi connectivity index (χ3n) is 2.06. The molecule has 1 rings (SSSR count). The van der Waals surface area contributed by atoms with E-state index in [1.54, 1.807) is 12.1 Å². The van der Waals surface area contributed by atoms with Gasteiger partial charge in [-0.15, -0.1) is 0 Å². The van der Waals surface area contributed by atoms with Crippen molar-refractivity contribution in [3.05, 3.63) is 36.4 Å².